The van der Waals surface area contributed by atoms with Crippen molar-refractivity contribution in [3.05, 3.63) is 29.3 Å². The normalized spacial score (nSPS) is 17.7. The predicted octanol–water partition coefficient (Wildman–Crippen LogP) is 1.39. The van der Waals surface area contributed by atoms with Crippen molar-refractivity contribution < 1.29 is 24.6 Å². The van der Waals surface area contributed by atoms with Gasteiger partial charge in [-0.3, -0.25) is 9.59 Å². The third-order valence-corrected chi connectivity index (χ3v) is 3.61. The van der Waals surface area contributed by atoms with E-state index >= 15 is 0 Å². The zero-order valence-electron chi connectivity index (χ0n) is 12.4. The minimum atomic E-state index is -1.07. The van der Waals surface area contributed by atoms with Crippen molar-refractivity contribution in [2.75, 3.05) is 5.32 Å². The molecule has 0 unspecified atom stereocenters. The number of aromatic carboxylic acids is 1. The van der Waals surface area contributed by atoms with Gasteiger partial charge in [0.1, 0.15) is 6.04 Å². The Morgan fingerprint density at radius 1 is 1.36 bits per heavy atom. The molecule has 1 aliphatic heterocycles. The highest BCUT2D eigenvalue weighted by Gasteiger charge is 2.32. The topological polar surface area (TPSA) is 107 Å². The maximum absolute atomic E-state index is 12.5. The molecule has 1 amide bonds. The molecule has 0 aliphatic carbocycles. The highest BCUT2D eigenvalue weighted by atomic mass is 16.4. The highest BCUT2D eigenvalue weighted by molar-refractivity contribution is 5.92. The van der Waals surface area contributed by atoms with Crippen LogP contribution in [0, 0.1) is 0 Å². The van der Waals surface area contributed by atoms with Crippen molar-refractivity contribution in [2.45, 2.75) is 38.9 Å². The molecular weight excluding hydrogens is 288 g/mol. The van der Waals surface area contributed by atoms with Crippen LogP contribution in [0.3, 0.4) is 0 Å². The van der Waals surface area contributed by atoms with Crippen molar-refractivity contribution >= 4 is 23.5 Å². The van der Waals surface area contributed by atoms with Gasteiger partial charge in [0.25, 0.3) is 0 Å². The van der Waals surface area contributed by atoms with Gasteiger partial charge in [0.15, 0.2) is 0 Å². The van der Waals surface area contributed by atoms with Crippen LogP contribution in [0.15, 0.2) is 18.2 Å². The summed E-state index contributed by atoms with van der Waals surface area (Å²) in [4.78, 5) is 36.1. The van der Waals surface area contributed by atoms with Crippen molar-refractivity contribution in [3.8, 4) is 0 Å². The Hall–Kier alpha value is -2.57. The number of amides is 1. The van der Waals surface area contributed by atoms with Gasteiger partial charge in [-0.2, -0.15) is 0 Å². The number of nitrogens with zero attached hydrogens (tertiary/aromatic N) is 1. The number of carbonyl (C=O) groups is 3. The first-order chi connectivity index (χ1) is 10.3. The summed E-state index contributed by atoms with van der Waals surface area (Å²) in [6.07, 6.45) is -0.331. The minimum absolute atomic E-state index is 0.120. The number of benzene rings is 1. The molecule has 0 aromatic heterocycles. The number of fused-ring (bicyclic) bond motifs is 1. The zero-order chi connectivity index (χ0) is 16.4. The number of carboxylic acid groups (broad SMARTS) is 2. The van der Waals surface area contributed by atoms with E-state index in [1.807, 2.05) is 13.8 Å². The van der Waals surface area contributed by atoms with E-state index < -0.39 is 18.0 Å². The largest absolute Gasteiger partial charge is 0.481 e. The van der Waals surface area contributed by atoms with E-state index in [-0.39, 0.29) is 30.5 Å². The molecule has 7 nitrogen and oxygen atoms in total. The maximum Gasteiger partial charge on any atom is 0.335 e. The number of anilines is 1. The summed E-state index contributed by atoms with van der Waals surface area (Å²) < 4.78 is 0. The van der Waals surface area contributed by atoms with Gasteiger partial charge < -0.3 is 20.4 Å². The summed E-state index contributed by atoms with van der Waals surface area (Å²) >= 11 is 0. The van der Waals surface area contributed by atoms with Crippen LogP contribution >= 0.6 is 0 Å². The Morgan fingerprint density at radius 2 is 2.05 bits per heavy atom. The predicted molar refractivity (Wildman–Crippen MR) is 78.8 cm³/mol. The van der Waals surface area contributed by atoms with Crippen LogP contribution in [0.25, 0.3) is 0 Å². The molecule has 1 heterocycles. The highest BCUT2D eigenvalue weighted by Crippen LogP contribution is 2.26. The molecule has 0 saturated heterocycles. The van der Waals surface area contributed by atoms with Crippen molar-refractivity contribution in [3.63, 3.8) is 0 Å². The zero-order valence-corrected chi connectivity index (χ0v) is 12.4. The molecule has 1 aromatic carbocycles. The monoisotopic (exact) mass is 306 g/mol. The summed E-state index contributed by atoms with van der Waals surface area (Å²) in [5.41, 5.74) is 1.39. The fourth-order valence-electron chi connectivity index (χ4n) is 2.46. The number of hydrogen-bond donors (Lipinski definition) is 3. The van der Waals surface area contributed by atoms with E-state index in [4.69, 9.17) is 10.2 Å². The second-order valence-electron chi connectivity index (χ2n) is 5.53. The third-order valence-electron chi connectivity index (χ3n) is 3.61. The van der Waals surface area contributed by atoms with Crippen molar-refractivity contribution in [2.24, 2.45) is 0 Å². The molecule has 3 N–H and O–H groups in total. The van der Waals surface area contributed by atoms with E-state index in [0.29, 0.717) is 11.3 Å². The summed E-state index contributed by atoms with van der Waals surface area (Å²) in [5, 5.41) is 21.0. The van der Waals surface area contributed by atoms with E-state index in [1.165, 1.54) is 12.1 Å². The second-order valence-corrected chi connectivity index (χ2v) is 5.53. The molecule has 0 bridgehead atoms. The van der Waals surface area contributed by atoms with Gasteiger partial charge in [-0.1, -0.05) is 0 Å². The molecule has 7 heteroatoms. The molecule has 1 aromatic rings. The molecule has 0 spiro atoms. The van der Waals surface area contributed by atoms with E-state index in [9.17, 15) is 14.4 Å². The Kier molecular flexibility index (Phi) is 4.35. The van der Waals surface area contributed by atoms with Gasteiger partial charge in [0.05, 0.1) is 12.0 Å². The van der Waals surface area contributed by atoms with E-state index in [0.717, 1.165) is 0 Å². The van der Waals surface area contributed by atoms with Gasteiger partial charge >= 0.3 is 11.9 Å². The Bertz CT molecular complexity index is 626. The maximum atomic E-state index is 12.5. The first kappa shape index (κ1) is 15.8. The smallest absolute Gasteiger partial charge is 0.335 e. The molecule has 22 heavy (non-hydrogen) atoms. The lowest BCUT2D eigenvalue weighted by Crippen LogP contribution is -2.44. The summed E-state index contributed by atoms with van der Waals surface area (Å²) in [6.45, 7) is 3.92. The van der Waals surface area contributed by atoms with Crippen LogP contribution in [0.2, 0.25) is 0 Å². The molecule has 0 saturated carbocycles. The van der Waals surface area contributed by atoms with Gasteiger partial charge in [0, 0.05) is 18.3 Å². The average molecular weight is 306 g/mol. The average Bonchev–Trinajstić information content (AvgIpc) is 2.55. The van der Waals surface area contributed by atoms with Crippen LogP contribution in [0.1, 0.15) is 36.2 Å². The van der Waals surface area contributed by atoms with Crippen molar-refractivity contribution in [1.29, 1.82) is 0 Å². The molecular formula is C15H18N2O5. The SMILES string of the molecule is CC(C)N1Cc2cc(C(=O)O)ccc2N[C@H](CC(=O)O)C1=O. The lowest BCUT2D eigenvalue weighted by molar-refractivity contribution is -0.142. The number of aliphatic carboxylic acids is 1. The lowest BCUT2D eigenvalue weighted by atomic mass is 10.1. The fraction of sp³-hybridized carbons (Fsp3) is 0.400. The van der Waals surface area contributed by atoms with Gasteiger partial charge in [-0.15, -0.1) is 0 Å². The molecule has 118 valence electrons. The molecule has 0 radical (unpaired) electrons. The van der Waals surface area contributed by atoms with Crippen LogP contribution in [0.4, 0.5) is 5.69 Å². The Balaban J connectivity index is 2.44. The number of nitrogens with one attached hydrogen (secondary N) is 1. The van der Waals surface area contributed by atoms with Crippen LogP contribution in [-0.4, -0.2) is 45.0 Å². The molecule has 0 fully saturated rings. The summed E-state index contributed by atoms with van der Waals surface area (Å²) in [5.74, 6) is -2.41. The fourth-order valence-corrected chi connectivity index (χ4v) is 2.46. The Morgan fingerprint density at radius 3 is 2.59 bits per heavy atom. The second kappa shape index (κ2) is 6.05. The molecule has 1 aliphatic rings. The number of rotatable bonds is 4. The van der Waals surface area contributed by atoms with E-state index in [1.54, 1.807) is 11.0 Å². The minimum Gasteiger partial charge on any atom is -0.481 e. The van der Waals surface area contributed by atoms with Gasteiger partial charge in [-0.05, 0) is 37.6 Å². The first-order valence-corrected chi connectivity index (χ1v) is 6.94. The summed E-state index contributed by atoms with van der Waals surface area (Å²) in [6, 6.07) is 3.53. The first-order valence-electron chi connectivity index (χ1n) is 6.94. The Labute approximate surface area is 127 Å². The van der Waals surface area contributed by atoms with Crippen LogP contribution < -0.4 is 5.32 Å². The van der Waals surface area contributed by atoms with Gasteiger partial charge in [0.2, 0.25) is 5.91 Å². The van der Waals surface area contributed by atoms with Crippen LogP contribution in [-0.2, 0) is 16.1 Å². The van der Waals surface area contributed by atoms with Crippen LogP contribution in [0.5, 0.6) is 0 Å². The molecule has 1 atom stereocenters. The number of carbonyl (C=O) groups excluding carboxylic acids is 1. The lowest BCUT2D eigenvalue weighted by Gasteiger charge is -2.27. The third kappa shape index (κ3) is 3.19. The van der Waals surface area contributed by atoms with E-state index in [2.05, 4.69) is 5.32 Å². The molecule has 2 rings (SSSR count). The van der Waals surface area contributed by atoms with Gasteiger partial charge in [-0.25, -0.2) is 4.79 Å². The standard InChI is InChI=1S/C15H18N2O5/c1-8(2)17-7-10-5-9(15(21)22)3-4-11(10)16-12(14(17)20)6-13(18)19/h3-5,8,12,16H,6-7H2,1-2H3,(H,18,19)(H,21,22)/t12-/m1/s1. The number of hydrogen-bond acceptors (Lipinski definition) is 4. The quantitative estimate of drug-likeness (QED) is 0.776. The van der Waals surface area contributed by atoms with Crippen molar-refractivity contribution in [1.82, 2.24) is 4.90 Å². The number of carboxylic acids is 2. The summed E-state index contributed by atoms with van der Waals surface area (Å²) in [7, 11) is 0.